The number of hydrogen-bond donors (Lipinski definition) is 0. The van der Waals surface area contributed by atoms with Crippen molar-refractivity contribution in [1.82, 2.24) is 4.98 Å². The van der Waals surface area contributed by atoms with Gasteiger partial charge < -0.3 is 0 Å². The van der Waals surface area contributed by atoms with Gasteiger partial charge in [0.15, 0.2) is 0 Å². The van der Waals surface area contributed by atoms with Crippen molar-refractivity contribution in [3.63, 3.8) is 0 Å². The Kier molecular flexibility index (Phi) is 2.47. The zero-order valence-corrected chi connectivity index (χ0v) is 8.71. The first kappa shape index (κ1) is 9.17. The molecule has 0 saturated heterocycles. The fourth-order valence-corrected chi connectivity index (χ4v) is 2.22. The molecule has 14 heavy (non-hydrogen) atoms. The molecular weight excluding hydrogens is 192 g/mol. The number of hydrogen-bond acceptors (Lipinski definition) is 3. The van der Waals surface area contributed by atoms with Crippen molar-refractivity contribution in [3.05, 3.63) is 29.3 Å². The molecule has 0 aliphatic carbocycles. The third kappa shape index (κ3) is 1.49. The minimum absolute atomic E-state index is 0.0153. The lowest BCUT2D eigenvalue weighted by Gasteiger charge is -2.05. The van der Waals surface area contributed by atoms with Gasteiger partial charge in [0, 0.05) is 0 Å². The van der Waals surface area contributed by atoms with E-state index in [-0.39, 0.29) is 5.92 Å². The van der Waals surface area contributed by atoms with Crippen LogP contribution in [0.3, 0.4) is 0 Å². The first-order chi connectivity index (χ1) is 6.85. The zero-order chi connectivity index (χ0) is 9.97. The van der Waals surface area contributed by atoms with Crippen molar-refractivity contribution in [2.24, 2.45) is 0 Å². The van der Waals surface area contributed by atoms with Crippen molar-refractivity contribution in [2.45, 2.75) is 19.3 Å². The van der Waals surface area contributed by atoms with Gasteiger partial charge in [0.2, 0.25) is 0 Å². The third-order valence-corrected chi connectivity index (χ3v) is 3.11. The Balaban J connectivity index is 2.48. The molecule has 1 unspecified atom stereocenters. The molecule has 0 bridgehead atoms. The largest absolute Gasteiger partial charge is 0.245 e. The topological polar surface area (TPSA) is 36.7 Å². The summed E-state index contributed by atoms with van der Waals surface area (Å²) < 4.78 is 1.16. The van der Waals surface area contributed by atoms with Gasteiger partial charge in [-0.3, -0.25) is 0 Å². The first-order valence-electron chi connectivity index (χ1n) is 4.58. The number of thiazole rings is 1. The Hall–Kier alpha value is -1.40. The average molecular weight is 202 g/mol. The van der Waals surface area contributed by atoms with E-state index < -0.39 is 0 Å². The van der Waals surface area contributed by atoms with Crippen LogP contribution in [0.25, 0.3) is 10.2 Å². The van der Waals surface area contributed by atoms with Gasteiger partial charge in [-0.2, -0.15) is 5.26 Å². The fourth-order valence-electron chi connectivity index (χ4n) is 1.49. The molecule has 1 atom stereocenters. The van der Waals surface area contributed by atoms with Crippen LogP contribution in [0.15, 0.2) is 23.7 Å². The van der Waals surface area contributed by atoms with Crippen LogP contribution in [0.5, 0.6) is 0 Å². The summed E-state index contributed by atoms with van der Waals surface area (Å²) in [5.41, 5.74) is 3.96. The van der Waals surface area contributed by atoms with Crippen LogP contribution in [0.4, 0.5) is 0 Å². The van der Waals surface area contributed by atoms with Crippen molar-refractivity contribution in [3.8, 4) is 6.07 Å². The molecule has 1 heterocycles. The SMILES string of the molecule is CCC(C#N)c1ccc2ncsc2c1. The highest BCUT2D eigenvalue weighted by molar-refractivity contribution is 7.16. The molecular formula is C11H10N2S. The zero-order valence-electron chi connectivity index (χ0n) is 7.90. The molecule has 0 aliphatic heterocycles. The van der Waals surface area contributed by atoms with E-state index in [1.807, 2.05) is 24.6 Å². The summed E-state index contributed by atoms with van der Waals surface area (Å²) in [6.45, 7) is 2.03. The monoisotopic (exact) mass is 202 g/mol. The van der Waals surface area contributed by atoms with E-state index in [4.69, 9.17) is 5.26 Å². The van der Waals surface area contributed by atoms with Crippen molar-refractivity contribution in [2.75, 3.05) is 0 Å². The summed E-state index contributed by atoms with van der Waals surface area (Å²) in [5.74, 6) is 0.0153. The van der Waals surface area contributed by atoms with E-state index in [1.54, 1.807) is 11.3 Å². The van der Waals surface area contributed by atoms with Crippen LogP contribution in [0.1, 0.15) is 24.8 Å². The number of aromatic nitrogens is 1. The minimum Gasteiger partial charge on any atom is -0.245 e. The molecule has 0 radical (unpaired) electrons. The standard InChI is InChI=1S/C11H10N2S/c1-2-8(6-12)9-3-4-10-11(5-9)14-7-13-10/h3-5,7-8H,2H2,1H3. The van der Waals surface area contributed by atoms with Crippen molar-refractivity contribution >= 4 is 21.6 Å². The van der Waals surface area contributed by atoms with Crippen LogP contribution in [0.2, 0.25) is 0 Å². The van der Waals surface area contributed by atoms with Crippen molar-refractivity contribution in [1.29, 1.82) is 5.26 Å². The molecule has 1 aromatic carbocycles. The summed E-state index contributed by atoms with van der Waals surface area (Å²) in [7, 11) is 0. The Morgan fingerprint density at radius 3 is 3.14 bits per heavy atom. The van der Waals surface area contributed by atoms with Crippen LogP contribution < -0.4 is 0 Å². The number of nitriles is 1. The van der Waals surface area contributed by atoms with Gasteiger partial charge in [0.25, 0.3) is 0 Å². The van der Waals surface area contributed by atoms with Crippen LogP contribution in [-0.2, 0) is 0 Å². The second kappa shape index (κ2) is 3.77. The molecule has 0 fully saturated rings. The summed E-state index contributed by atoms with van der Waals surface area (Å²) >= 11 is 1.62. The van der Waals surface area contributed by atoms with Crippen molar-refractivity contribution < 1.29 is 0 Å². The second-order valence-electron chi connectivity index (χ2n) is 3.17. The Morgan fingerprint density at radius 2 is 2.43 bits per heavy atom. The molecule has 2 nitrogen and oxygen atoms in total. The predicted molar refractivity (Wildman–Crippen MR) is 58.3 cm³/mol. The van der Waals surface area contributed by atoms with E-state index >= 15 is 0 Å². The molecule has 0 N–H and O–H groups in total. The Labute approximate surface area is 86.8 Å². The van der Waals surface area contributed by atoms with Gasteiger partial charge in [0.1, 0.15) is 0 Å². The van der Waals surface area contributed by atoms with Gasteiger partial charge in [0.05, 0.1) is 27.7 Å². The quantitative estimate of drug-likeness (QED) is 0.749. The number of rotatable bonds is 2. The molecule has 1 aromatic heterocycles. The van der Waals surface area contributed by atoms with E-state index in [9.17, 15) is 0 Å². The smallest absolute Gasteiger partial charge is 0.0812 e. The highest BCUT2D eigenvalue weighted by Gasteiger charge is 2.08. The maximum absolute atomic E-state index is 8.94. The van der Waals surface area contributed by atoms with Gasteiger partial charge in [-0.25, -0.2) is 4.98 Å². The molecule has 3 heteroatoms. The molecule has 0 amide bonds. The first-order valence-corrected chi connectivity index (χ1v) is 5.46. The highest BCUT2D eigenvalue weighted by atomic mass is 32.1. The number of nitrogens with zero attached hydrogens (tertiary/aromatic N) is 2. The third-order valence-electron chi connectivity index (χ3n) is 2.32. The molecule has 0 saturated carbocycles. The van der Waals surface area contributed by atoms with E-state index in [0.29, 0.717) is 0 Å². The summed E-state index contributed by atoms with van der Waals surface area (Å²) in [6, 6.07) is 8.37. The van der Waals surface area contributed by atoms with E-state index in [0.717, 1.165) is 22.2 Å². The average Bonchev–Trinajstić information content (AvgIpc) is 2.66. The molecule has 70 valence electrons. The summed E-state index contributed by atoms with van der Waals surface area (Å²) in [6.07, 6.45) is 0.862. The summed E-state index contributed by atoms with van der Waals surface area (Å²) in [5, 5.41) is 8.94. The fraction of sp³-hybridized carbons (Fsp3) is 0.273. The molecule has 0 aliphatic rings. The Bertz CT molecular complexity index is 481. The van der Waals surface area contributed by atoms with E-state index in [2.05, 4.69) is 17.1 Å². The lowest BCUT2D eigenvalue weighted by Crippen LogP contribution is -1.92. The van der Waals surface area contributed by atoms with Crippen LogP contribution >= 0.6 is 11.3 Å². The van der Waals surface area contributed by atoms with Gasteiger partial charge in [-0.15, -0.1) is 11.3 Å². The van der Waals surface area contributed by atoms with Gasteiger partial charge in [-0.1, -0.05) is 13.0 Å². The molecule has 2 rings (SSSR count). The highest BCUT2D eigenvalue weighted by Crippen LogP contribution is 2.25. The molecule has 2 aromatic rings. The number of benzene rings is 1. The number of fused-ring (bicyclic) bond motifs is 1. The Morgan fingerprint density at radius 1 is 1.57 bits per heavy atom. The van der Waals surface area contributed by atoms with Crippen LogP contribution in [-0.4, -0.2) is 4.98 Å². The predicted octanol–water partition coefficient (Wildman–Crippen LogP) is 3.31. The van der Waals surface area contributed by atoms with Crippen LogP contribution in [0, 0.1) is 11.3 Å². The lowest BCUT2D eigenvalue weighted by molar-refractivity contribution is 0.820. The normalized spacial score (nSPS) is 12.6. The summed E-state index contributed by atoms with van der Waals surface area (Å²) in [4.78, 5) is 4.21. The lowest BCUT2D eigenvalue weighted by atomic mass is 9.98. The minimum atomic E-state index is 0.0153. The maximum atomic E-state index is 8.94. The second-order valence-corrected chi connectivity index (χ2v) is 4.06. The maximum Gasteiger partial charge on any atom is 0.0812 e. The van der Waals surface area contributed by atoms with Gasteiger partial charge >= 0.3 is 0 Å². The molecule has 0 spiro atoms. The van der Waals surface area contributed by atoms with E-state index in [1.165, 1.54) is 0 Å². The van der Waals surface area contributed by atoms with Gasteiger partial charge in [-0.05, 0) is 24.1 Å².